The van der Waals surface area contributed by atoms with Crippen LogP contribution in [0.3, 0.4) is 0 Å². The van der Waals surface area contributed by atoms with Gasteiger partial charge >= 0.3 is 18.3 Å². The van der Waals surface area contributed by atoms with Crippen LogP contribution >= 0.6 is 0 Å². The van der Waals surface area contributed by atoms with E-state index in [1.165, 1.54) is 0 Å². The third kappa shape index (κ3) is 3.56. The van der Waals surface area contributed by atoms with E-state index in [4.69, 9.17) is 5.11 Å². The highest BCUT2D eigenvalue weighted by Gasteiger charge is 2.40. The maximum atomic E-state index is 12.7. The molecule has 0 unspecified atom stereocenters. The first-order chi connectivity index (χ1) is 9.15. The van der Waals surface area contributed by atoms with Crippen LogP contribution in [0.15, 0.2) is 18.2 Å². The zero-order valence-corrected chi connectivity index (χ0v) is 9.65. The lowest BCUT2D eigenvalue weighted by Crippen LogP contribution is -2.34. The molecule has 0 aliphatic heterocycles. The Morgan fingerprint density at radius 1 is 1.45 bits per heavy atom. The molecule has 2 N–H and O–H groups in total. The molecule has 0 aliphatic carbocycles. The van der Waals surface area contributed by atoms with Gasteiger partial charge in [0, 0.05) is 11.8 Å². The molecule has 0 bridgehead atoms. The molecule has 110 valence electrons. The maximum Gasteiger partial charge on any atom is 0.342 e. The second kappa shape index (κ2) is 5.72. The summed E-state index contributed by atoms with van der Waals surface area (Å²) in [6.45, 7) is -1.44. The average molecular weight is 296 g/mol. The molecule has 0 atom stereocenters. The molecule has 1 aromatic carbocycles. The van der Waals surface area contributed by atoms with Crippen molar-refractivity contribution in [2.75, 3.05) is 11.9 Å². The Kier molecular flexibility index (Phi) is 4.48. The first-order valence-electron chi connectivity index (χ1n) is 5.06. The topological polar surface area (TPSA) is 92.5 Å². The fourth-order valence-electron chi connectivity index (χ4n) is 1.27. The smallest absolute Gasteiger partial charge is 0.342 e. The standard InChI is InChI=1S/C10H8F4N2O4/c11-9(12)10(13,14)4-15-5-1-2-6(8(17)18)7(3-5)16(19)20/h1-3,9,15H,4H2,(H,17,18). The van der Waals surface area contributed by atoms with Crippen LogP contribution in [0.2, 0.25) is 0 Å². The Balaban J connectivity index is 2.96. The Bertz CT molecular complexity index is 536. The number of carbonyl (C=O) groups is 1. The highest BCUT2D eigenvalue weighted by molar-refractivity contribution is 5.93. The Morgan fingerprint density at radius 3 is 2.50 bits per heavy atom. The minimum absolute atomic E-state index is 0.262. The third-order valence-electron chi connectivity index (χ3n) is 2.27. The minimum atomic E-state index is -4.31. The van der Waals surface area contributed by atoms with E-state index in [0.29, 0.717) is 6.07 Å². The molecule has 0 saturated carbocycles. The lowest BCUT2D eigenvalue weighted by atomic mass is 10.1. The predicted octanol–water partition coefficient (Wildman–Crippen LogP) is 2.61. The van der Waals surface area contributed by atoms with Crippen molar-refractivity contribution in [1.29, 1.82) is 0 Å². The number of carboxylic acid groups (broad SMARTS) is 1. The Hall–Kier alpha value is -2.39. The summed E-state index contributed by atoms with van der Waals surface area (Å²) in [7, 11) is 0. The molecule has 20 heavy (non-hydrogen) atoms. The molecular weight excluding hydrogens is 288 g/mol. The van der Waals surface area contributed by atoms with Crippen LogP contribution in [-0.4, -0.2) is 34.9 Å². The number of hydrogen-bond acceptors (Lipinski definition) is 4. The number of aromatic carboxylic acids is 1. The fourth-order valence-corrected chi connectivity index (χ4v) is 1.27. The number of hydrogen-bond donors (Lipinski definition) is 2. The largest absolute Gasteiger partial charge is 0.477 e. The summed E-state index contributed by atoms with van der Waals surface area (Å²) in [5, 5.41) is 21.2. The number of nitro benzene ring substituents is 1. The first kappa shape index (κ1) is 15.7. The number of halogens is 4. The van der Waals surface area contributed by atoms with Crippen LogP contribution in [0.25, 0.3) is 0 Å². The lowest BCUT2D eigenvalue weighted by Gasteiger charge is -2.16. The maximum absolute atomic E-state index is 12.7. The number of nitrogens with one attached hydrogen (secondary N) is 1. The van der Waals surface area contributed by atoms with Crippen LogP contribution in [0.1, 0.15) is 10.4 Å². The average Bonchev–Trinajstić information content (AvgIpc) is 2.35. The van der Waals surface area contributed by atoms with Crippen LogP contribution in [0, 0.1) is 10.1 Å². The van der Waals surface area contributed by atoms with E-state index in [1.807, 2.05) is 5.32 Å². The van der Waals surface area contributed by atoms with Crippen LogP contribution in [0.4, 0.5) is 28.9 Å². The van der Waals surface area contributed by atoms with Gasteiger partial charge in [-0.1, -0.05) is 0 Å². The van der Waals surface area contributed by atoms with E-state index < -0.39 is 41.0 Å². The van der Waals surface area contributed by atoms with Crippen LogP contribution < -0.4 is 5.32 Å². The van der Waals surface area contributed by atoms with Crippen molar-refractivity contribution in [2.45, 2.75) is 12.3 Å². The lowest BCUT2D eigenvalue weighted by molar-refractivity contribution is -0.385. The number of rotatable bonds is 6. The van der Waals surface area contributed by atoms with Gasteiger partial charge in [0.25, 0.3) is 5.69 Å². The molecule has 0 aliphatic rings. The number of nitrogens with zero attached hydrogens (tertiary/aromatic N) is 1. The molecule has 10 heteroatoms. The quantitative estimate of drug-likeness (QED) is 0.478. The van der Waals surface area contributed by atoms with E-state index >= 15 is 0 Å². The molecule has 6 nitrogen and oxygen atoms in total. The summed E-state index contributed by atoms with van der Waals surface area (Å²) < 4.78 is 49.2. The van der Waals surface area contributed by atoms with Crippen molar-refractivity contribution in [1.82, 2.24) is 0 Å². The molecule has 0 radical (unpaired) electrons. The zero-order valence-electron chi connectivity index (χ0n) is 9.65. The molecule has 1 aromatic rings. The van der Waals surface area contributed by atoms with Gasteiger partial charge in [-0.05, 0) is 12.1 Å². The van der Waals surface area contributed by atoms with Gasteiger partial charge in [-0.15, -0.1) is 0 Å². The molecule has 0 saturated heterocycles. The number of carboxylic acids is 1. The molecule has 0 spiro atoms. The summed E-state index contributed by atoms with van der Waals surface area (Å²) in [6.07, 6.45) is -3.89. The molecule has 0 fully saturated rings. The second-order valence-electron chi connectivity index (χ2n) is 3.71. The van der Waals surface area contributed by atoms with Gasteiger partial charge in [0.2, 0.25) is 0 Å². The van der Waals surface area contributed by atoms with E-state index in [1.54, 1.807) is 0 Å². The van der Waals surface area contributed by atoms with Crippen molar-refractivity contribution in [3.05, 3.63) is 33.9 Å². The van der Waals surface area contributed by atoms with Gasteiger partial charge in [0.1, 0.15) is 5.56 Å². The molecule has 1 rings (SSSR count). The van der Waals surface area contributed by atoms with Gasteiger partial charge in [-0.25, -0.2) is 13.6 Å². The summed E-state index contributed by atoms with van der Waals surface area (Å²) >= 11 is 0. The van der Waals surface area contributed by atoms with Gasteiger partial charge < -0.3 is 10.4 Å². The summed E-state index contributed by atoms with van der Waals surface area (Å²) in [5.74, 6) is -5.87. The van der Waals surface area contributed by atoms with Crippen molar-refractivity contribution in [2.24, 2.45) is 0 Å². The molecule has 0 aromatic heterocycles. The monoisotopic (exact) mass is 296 g/mol. The second-order valence-corrected chi connectivity index (χ2v) is 3.71. The van der Waals surface area contributed by atoms with Crippen LogP contribution in [0.5, 0.6) is 0 Å². The van der Waals surface area contributed by atoms with Gasteiger partial charge in [-0.2, -0.15) is 8.78 Å². The highest BCUT2D eigenvalue weighted by Crippen LogP contribution is 2.26. The normalized spacial score (nSPS) is 11.4. The number of alkyl halides is 4. The number of benzene rings is 1. The van der Waals surface area contributed by atoms with Gasteiger partial charge in [-0.3, -0.25) is 10.1 Å². The summed E-state index contributed by atoms with van der Waals surface area (Å²) in [4.78, 5) is 20.3. The van der Waals surface area contributed by atoms with Gasteiger partial charge in [0.05, 0.1) is 11.5 Å². The predicted molar refractivity (Wildman–Crippen MR) is 59.5 cm³/mol. The number of anilines is 1. The van der Waals surface area contributed by atoms with Crippen molar-refractivity contribution in [3.8, 4) is 0 Å². The fraction of sp³-hybridized carbons (Fsp3) is 0.300. The van der Waals surface area contributed by atoms with Crippen molar-refractivity contribution < 1.29 is 32.4 Å². The molecular formula is C10H8F4N2O4. The summed E-state index contributed by atoms with van der Waals surface area (Å²) in [5.41, 5.74) is -1.73. The molecule has 0 amide bonds. The molecule has 0 heterocycles. The SMILES string of the molecule is O=C(O)c1ccc(NCC(F)(F)C(F)F)cc1[N+](=O)[O-]. The minimum Gasteiger partial charge on any atom is -0.477 e. The van der Waals surface area contributed by atoms with Crippen molar-refractivity contribution >= 4 is 17.3 Å². The highest BCUT2D eigenvalue weighted by atomic mass is 19.3. The van der Waals surface area contributed by atoms with E-state index in [0.717, 1.165) is 12.1 Å². The Labute approximate surface area is 109 Å². The van der Waals surface area contributed by atoms with E-state index in [9.17, 15) is 32.5 Å². The van der Waals surface area contributed by atoms with E-state index in [-0.39, 0.29) is 5.69 Å². The van der Waals surface area contributed by atoms with Crippen molar-refractivity contribution in [3.63, 3.8) is 0 Å². The van der Waals surface area contributed by atoms with E-state index in [2.05, 4.69) is 0 Å². The third-order valence-corrected chi connectivity index (χ3v) is 2.27. The first-order valence-corrected chi connectivity index (χ1v) is 5.06. The van der Waals surface area contributed by atoms with Crippen LogP contribution in [-0.2, 0) is 0 Å². The zero-order chi connectivity index (χ0) is 15.5. The number of nitro groups is 1. The summed E-state index contributed by atoms with van der Waals surface area (Å²) in [6, 6.07) is 2.48. The Morgan fingerprint density at radius 2 is 2.05 bits per heavy atom. The van der Waals surface area contributed by atoms with Gasteiger partial charge in [0.15, 0.2) is 0 Å².